The second kappa shape index (κ2) is 11.0. The molecule has 0 aromatic heterocycles. The molecule has 7 heteroatoms. The minimum absolute atomic E-state index is 0.0936. The lowest BCUT2D eigenvalue weighted by atomic mass is 9.99. The van der Waals surface area contributed by atoms with Gasteiger partial charge in [-0.3, -0.25) is 9.59 Å². The van der Waals surface area contributed by atoms with Crippen molar-refractivity contribution >= 4 is 17.9 Å². The molecule has 0 aliphatic heterocycles. The van der Waals surface area contributed by atoms with Gasteiger partial charge in [0.05, 0.1) is 0 Å². The van der Waals surface area contributed by atoms with E-state index in [2.05, 4.69) is 10.6 Å². The lowest BCUT2D eigenvalue weighted by molar-refractivity contribution is -0.129. The van der Waals surface area contributed by atoms with Gasteiger partial charge in [-0.2, -0.15) is 0 Å². The largest absolute Gasteiger partial charge is 0.445 e. The van der Waals surface area contributed by atoms with Crippen LogP contribution >= 0.6 is 0 Å². The Morgan fingerprint density at radius 1 is 0.967 bits per heavy atom. The van der Waals surface area contributed by atoms with Gasteiger partial charge in [-0.05, 0) is 29.5 Å². The van der Waals surface area contributed by atoms with Gasteiger partial charge in [0.25, 0.3) is 0 Å². The van der Waals surface area contributed by atoms with E-state index < -0.39 is 30.0 Å². The molecule has 0 spiro atoms. The van der Waals surface area contributed by atoms with Crippen LogP contribution < -0.4 is 16.4 Å². The summed E-state index contributed by atoms with van der Waals surface area (Å²) in [6.07, 6.45) is -0.431. The number of rotatable bonds is 9. The van der Waals surface area contributed by atoms with Crippen molar-refractivity contribution in [2.45, 2.75) is 45.9 Å². The maximum absolute atomic E-state index is 12.8. The topological polar surface area (TPSA) is 111 Å². The lowest BCUT2D eigenvalue weighted by Gasteiger charge is -2.24. The van der Waals surface area contributed by atoms with Gasteiger partial charge in [0.1, 0.15) is 18.7 Å². The molecule has 160 valence electrons. The highest BCUT2D eigenvalue weighted by Crippen LogP contribution is 2.11. The molecular formula is C23H29N3O4. The number of ether oxygens (including phenoxy) is 1. The van der Waals surface area contributed by atoms with Crippen LogP contribution in [-0.2, 0) is 27.4 Å². The van der Waals surface area contributed by atoms with E-state index in [1.807, 2.05) is 61.5 Å². The third-order valence-corrected chi connectivity index (χ3v) is 4.78. The fourth-order valence-corrected chi connectivity index (χ4v) is 2.97. The molecule has 0 radical (unpaired) electrons. The van der Waals surface area contributed by atoms with Crippen molar-refractivity contribution in [1.29, 1.82) is 0 Å². The number of carbonyl (C=O) groups is 3. The van der Waals surface area contributed by atoms with Crippen LogP contribution in [0.3, 0.4) is 0 Å². The van der Waals surface area contributed by atoms with Crippen molar-refractivity contribution in [2.75, 3.05) is 0 Å². The molecule has 0 saturated heterocycles. The number of nitrogens with two attached hydrogens (primary N) is 1. The second-order valence-corrected chi connectivity index (χ2v) is 7.52. The maximum atomic E-state index is 12.8. The fraction of sp³-hybridized carbons (Fsp3) is 0.348. The van der Waals surface area contributed by atoms with E-state index >= 15 is 0 Å². The van der Waals surface area contributed by atoms with Crippen LogP contribution in [0.2, 0.25) is 0 Å². The summed E-state index contributed by atoms with van der Waals surface area (Å²) in [6, 6.07) is 15.1. The van der Waals surface area contributed by atoms with Gasteiger partial charge >= 0.3 is 6.09 Å². The summed E-state index contributed by atoms with van der Waals surface area (Å²) in [5.74, 6) is -1.35. The third-order valence-electron chi connectivity index (χ3n) is 4.78. The van der Waals surface area contributed by atoms with E-state index in [0.29, 0.717) is 0 Å². The Morgan fingerprint density at radius 3 is 2.20 bits per heavy atom. The second-order valence-electron chi connectivity index (χ2n) is 7.52. The van der Waals surface area contributed by atoms with Crippen molar-refractivity contribution < 1.29 is 19.1 Å². The number of primary amides is 1. The predicted molar refractivity (Wildman–Crippen MR) is 114 cm³/mol. The predicted octanol–water partition coefficient (Wildman–Crippen LogP) is 2.46. The summed E-state index contributed by atoms with van der Waals surface area (Å²) < 4.78 is 5.20. The fourth-order valence-electron chi connectivity index (χ4n) is 2.97. The van der Waals surface area contributed by atoms with Gasteiger partial charge in [-0.1, -0.05) is 68.4 Å². The molecule has 2 aromatic rings. The molecule has 0 bridgehead atoms. The molecule has 2 aromatic carbocycles. The average Bonchev–Trinajstić information content (AvgIpc) is 2.71. The highest BCUT2D eigenvalue weighted by molar-refractivity contribution is 5.91. The van der Waals surface area contributed by atoms with Crippen LogP contribution in [0.15, 0.2) is 54.6 Å². The Morgan fingerprint density at radius 2 is 1.60 bits per heavy atom. The summed E-state index contributed by atoms with van der Waals surface area (Å²) >= 11 is 0. The molecule has 7 nitrogen and oxygen atoms in total. The molecule has 0 heterocycles. The Bertz CT molecular complexity index is 868. The normalized spacial score (nSPS) is 12.7. The summed E-state index contributed by atoms with van der Waals surface area (Å²) in [5, 5.41) is 5.25. The third kappa shape index (κ3) is 6.92. The van der Waals surface area contributed by atoms with Gasteiger partial charge in [0.15, 0.2) is 0 Å². The van der Waals surface area contributed by atoms with Gasteiger partial charge < -0.3 is 21.1 Å². The van der Waals surface area contributed by atoms with Crippen LogP contribution in [0, 0.1) is 12.8 Å². The number of amides is 3. The average molecular weight is 412 g/mol. The van der Waals surface area contributed by atoms with Crippen molar-refractivity contribution in [3.05, 3.63) is 71.3 Å². The molecule has 0 fully saturated rings. The summed E-state index contributed by atoms with van der Waals surface area (Å²) in [7, 11) is 0. The molecule has 0 unspecified atom stereocenters. The first kappa shape index (κ1) is 22.9. The zero-order valence-electron chi connectivity index (χ0n) is 17.6. The van der Waals surface area contributed by atoms with Crippen LogP contribution in [0.5, 0.6) is 0 Å². The van der Waals surface area contributed by atoms with E-state index in [-0.39, 0.29) is 18.9 Å². The molecule has 0 saturated carbocycles. The number of aryl methyl sites for hydroxylation is 1. The molecular weight excluding hydrogens is 382 g/mol. The minimum atomic E-state index is -0.887. The molecule has 4 N–H and O–H groups in total. The molecule has 3 amide bonds. The molecule has 0 aliphatic rings. The number of carbonyl (C=O) groups excluding carboxylic acids is 3. The van der Waals surface area contributed by atoms with Crippen LogP contribution in [0.1, 0.15) is 30.5 Å². The van der Waals surface area contributed by atoms with Crippen molar-refractivity contribution in [3.8, 4) is 0 Å². The van der Waals surface area contributed by atoms with Crippen molar-refractivity contribution in [3.63, 3.8) is 0 Å². The van der Waals surface area contributed by atoms with E-state index in [4.69, 9.17) is 10.5 Å². The standard InChI is InChI=1S/C23H29N3O4/c1-15(2)20(26-23(29)30-14-17-10-5-4-6-11-17)22(28)25-19(21(24)27)13-18-12-8-7-9-16(18)3/h4-12,15,19-20H,13-14H2,1-3H3,(H2,24,27)(H,25,28)(H,26,29)/t19-,20-/m1/s1. The van der Waals surface area contributed by atoms with E-state index in [1.165, 1.54) is 0 Å². The van der Waals surface area contributed by atoms with Crippen LogP contribution in [0.4, 0.5) is 4.79 Å². The molecule has 30 heavy (non-hydrogen) atoms. The zero-order chi connectivity index (χ0) is 22.1. The van der Waals surface area contributed by atoms with E-state index in [9.17, 15) is 14.4 Å². The molecule has 2 atom stereocenters. The van der Waals surface area contributed by atoms with E-state index in [0.717, 1.165) is 16.7 Å². The number of nitrogens with one attached hydrogen (secondary N) is 2. The zero-order valence-corrected chi connectivity index (χ0v) is 17.6. The first-order chi connectivity index (χ1) is 14.3. The number of hydrogen-bond acceptors (Lipinski definition) is 4. The molecule has 0 aliphatic carbocycles. The van der Waals surface area contributed by atoms with Gasteiger partial charge in [-0.15, -0.1) is 0 Å². The van der Waals surface area contributed by atoms with E-state index in [1.54, 1.807) is 13.8 Å². The first-order valence-corrected chi connectivity index (χ1v) is 9.89. The Balaban J connectivity index is 1.99. The van der Waals surface area contributed by atoms with Crippen molar-refractivity contribution in [1.82, 2.24) is 10.6 Å². The van der Waals surface area contributed by atoms with Crippen molar-refractivity contribution in [2.24, 2.45) is 11.7 Å². The van der Waals surface area contributed by atoms with Gasteiger partial charge in [0.2, 0.25) is 11.8 Å². The Hall–Kier alpha value is -3.35. The maximum Gasteiger partial charge on any atom is 0.408 e. The Labute approximate surface area is 177 Å². The molecule has 2 rings (SSSR count). The summed E-state index contributed by atoms with van der Waals surface area (Å²) in [5.41, 5.74) is 8.26. The summed E-state index contributed by atoms with van der Waals surface area (Å²) in [6.45, 7) is 5.61. The smallest absolute Gasteiger partial charge is 0.408 e. The number of benzene rings is 2. The number of alkyl carbamates (subject to hydrolysis) is 1. The van der Waals surface area contributed by atoms with Crippen LogP contribution in [-0.4, -0.2) is 30.0 Å². The quantitative estimate of drug-likeness (QED) is 0.589. The highest BCUT2D eigenvalue weighted by Gasteiger charge is 2.28. The van der Waals surface area contributed by atoms with Crippen LogP contribution in [0.25, 0.3) is 0 Å². The minimum Gasteiger partial charge on any atom is -0.445 e. The lowest BCUT2D eigenvalue weighted by Crippen LogP contribution is -2.55. The van der Waals surface area contributed by atoms with Gasteiger partial charge in [-0.25, -0.2) is 4.79 Å². The Kier molecular flexibility index (Phi) is 8.41. The highest BCUT2D eigenvalue weighted by atomic mass is 16.5. The summed E-state index contributed by atoms with van der Waals surface area (Å²) in [4.78, 5) is 36.9. The number of hydrogen-bond donors (Lipinski definition) is 3. The monoisotopic (exact) mass is 411 g/mol. The van der Waals surface area contributed by atoms with Gasteiger partial charge in [0, 0.05) is 6.42 Å². The first-order valence-electron chi connectivity index (χ1n) is 9.89. The SMILES string of the molecule is Cc1ccccc1C[C@@H](NC(=O)[C@H](NC(=O)OCc1ccccc1)C(C)C)C(N)=O.